The molecule has 0 radical (unpaired) electrons. The average Bonchev–Trinajstić information content (AvgIpc) is 3.53. The van der Waals surface area contributed by atoms with Crippen LogP contribution in [-0.2, 0) is 0 Å². The minimum absolute atomic E-state index is 0.552. The number of imidazole rings is 1. The van der Waals surface area contributed by atoms with Crippen molar-refractivity contribution >= 4 is 39.4 Å². The predicted molar refractivity (Wildman–Crippen MR) is 114 cm³/mol. The average molecular weight is 386 g/mol. The Morgan fingerprint density at radius 3 is 2.66 bits per heavy atom. The molecule has 2 fully saturated rings. The summed E-state index contributed by atoms with van der Waals surface area (Å²) in [5.74, 6) is 1.29. The number of fused-ring (bicyclic) bond motifs is 3. The molecule has 0 bridgehead atoms. The largest absolute Gasteiger partial charge is 0.368 e. The highest BCUT2D eigenvalue weighted by atomic mass is 15.2. The summed E-state index contributed by atoms with van der Waals surface area (Å²) in [5.41, 5.74) is 4.15. The van der Waals surface area contributed by atoms with Crippen LogP contribution in [0.1, 0.15) is 18.9 Å². The van der Waals surface area contributed by atoms with Crippen LogP contribution < -0.4 is 15.5 Å². The van der Waals surface area contributed by atoms with E-state index in [-0.39, 0.29) is 0 Å². The van der Waals surface area contributed by atoms with Gasteiger partial charge in [0.1, 0.15) is 11.3 Å². The van der Waals surface area contributed by atoms with E-state index >= 15 is 0 Å². The van der Waals surface area contributed by atoms with Crippen LogP contribution in [0.15, 0.2) is 43.0 Å². The Bertz CT molecular complexity index is 1170. The molecule has 146 valence electrons. The third-order valence-electron chi connectivity index (χ3n) is 5.69. The third kappa shape index (κ3) is 3.05. The summed E-state index contributed by atoms with van der Waals surface area (Å²) < 4.78 is 2.26. The molecule has 8 heteroatoms. The maximum absolute atomic E-state index is 4.81. The van der Waals surface area contributed by atoms with E-state index in [1.54, 1.807) is 0 Å². The lowest BCUT2D eigenvalue weighted by molar-refractivity contribution is 0.589. The molecule has 1 aliphatic carbocycles. The minimum Gasteiger partial charge on any atom is -0.368 e. The van der Waals surface area contributed by atoms with E-state index in [1.165, 1.54) is 12.8 Å². The number of rotatable bonds is 4. The topological polar surface area (TPSA) is 83.8 Å². The summed E-state index contributed by atoms with van der Waals surface area (Å²) in [7, 11) is 0. The number of hydrogen-bond acceptors (Lipinski definition) is 7. The third-order valence-corrected chi connectivity index (χ3v) is 5.69. The standard InChI is InChI=1S/C21H22N8/c1-5-17-20(29(13-25-17)15-2-3-15)19-14(1)11-24-21(27-19)26-18-6-4-16(12-23-18)28-9-7-22-8-10-28/h1,4-6,11-13,15,22H,2-3,7-10H2,(H,23,24,26,27). The van der Waals surface area contributed by atoms with Crippen LogP contribution in [0.5, 0.6) is 0 Å². The maximum atomic E-state index is 4.81. The number of anilines is 3. The van der Waals surface area contributed by atoms with Gasteiger partial charge in [-0.2, -0.15) is 0 Å². The minimum atomic E-state index is 0.552. The maximum Gasteiger partial charge on any atom is 0.228 e. The van der Waals surface area contributed by atoms with Gasteiger partial charge in [-0.1, -0.05) is 0 Å². The zero-order valence-corrected chi connectivity index (χ0v) is 16.0. The molecule has 6 rings (SSSR count). The number of hydrogen-bond donors (Lipinski definition) is 2. The molecular formula is C21H22N8. The van der Waals surface area contributed by atoms with Gasteiger partial charge in [-0.3, -0.25) is 0 Å². The smallest absolute Gasteiger partial charge is 0.228 e. The normalized spacial score (nSPS) is 17.2. The molecule has 1 saturated carbocycles. The SMILES string of the molecule is c1cc(Nc2ncc3ccc4ncn(C5CC5)c4c3n2)ncc1N1CCNCC1. The second-order valence-corrected chi connectivity index (χ2v) is 7.71. The quantitative estimate of drug-likeness (QED) is 0.558. The molecule has 1 saturated heterocycles. The van der Waals surface area contributed by atoms with Crippen molar-refractivity contribution in [1.29, 1.82) is 0 Å². The van der Waals surface area contributed by atoms with Crippen LogP contribution in [0.2, 0.25) is 0 Å². The summed E-state index contributed by atoms with van der Waals surface area (Å²) in [6.45, 7) is 4.04. The van der Waals surface area contributed by atoms with Crippen LogP contribution in [0, 0.1) is 0 Å². The van der Waals surface area contributed by atoms with Crippen molar-refractivity contribution in [2.45, 2.75) is 18.9 Å². The zero-order valence-electron chi connectivity index (χ0n) is 16.0. The number of benzene rings is 1. The van der Waals surface area contributed by atoms with Crippen LogP contribution >= 0.6 is 0 Å². The Labute approximate surface area is 168 Å². The highest BCUT2D eigenvalue weighted by Gasteiger charge is 2.26. The van der Waals surface area contributed by atoms with Gasteiger partial charge in [0.2, 0.25) is 5.95 Å². The van der Waals surface area contributed by atoms with Crippen LogP contribution in [-0.4, -0.2) is 50.7 Å². The Kier molecular flexibility index (Phi) is 3.83. The monoisotopic (exact) mass is 386 g/mol. The molecule has 0 atom stereocenters. The molecular weight excluding hydrogens is 364 g/mol. The first-order chi connectivity index (χ1) is 14.3. The second-order valence-electron chi connectivity index (χ2n) is 7.71. The summed E-state index contributed by atoms with van der Waals surface area (Å²) >= 11 is 0. The molecule has 1 aliphatic heterocycles. The van der Waals surface area contributed by atoms with Gasteiger partial charge >= 0.3 is 0 Å². The lowest BCUT2D eigenvalue weighted by Gasteiger charge is -2.29. The molecule has 3 aromatic heterocycles. The Morgan fingerprint density at radius 2 is 1.86 bits per heavy atom. The lowest BCUT2D eigenvalue weighted by Crippen LogP contribution is -2.43. The number of pyridine rings is 1. The fourth-order valence-corrected chi connectivity index (χ4v) is 3.99. The summed E-state index contributed by atoms with van der Waals surface area (Å²) in [6, 6.07) is 8.72. The van der Waals surface area contributed by atoms with Crippen LogP contribution in [0.4, 0.5) is 17.5 Å². The summed E-state index contributed by atoms with van der Waals surface area (Å²) in [6.07, 6.45) is 8.13. The molecule has 2 aliphatic rings. The van der Waals surface area contributed by atoms with Crippen LogP contribution in [0.3, 0.4) is 0 Å². The summed E-state index contributed by atoms with van der Waals surface area (Å²) in [5, 5.41) is 7.65. The van der Waals surface area contributed by atoms with E-state index in [4.69, 9.17) is 4.98 Å². The van der Waals surface area contributed by atoms with E-state index < -0.39 is 0 Å². The van der Waals surface area contributed by atoms with E-state index in [9.17, 15) is 0 Å². The number of aromatic nitrogens is 5. The molecule has 2 N–H and O–H groups in total. The highest BCUT2D eigenvalue weighted by Crippen LogP contribution is 2.38. The Hall–Kier alpha value is -3.26. The molecule has 29 heavy (non-hydrogen) atoms. The van der Waals surface area contributed by atoms with Crippen LogP contribution in [0.25, 0.3) is 21.9 Å². The molecule has 4 heterocycles. The van der Waals surface area contributed by atoms with E-state index in [0.29, 0.717) is 12.0 Å². The summed E-state index contributed by atoms with van der Waals surface area (Å²) in [4.78, 5) is 20.8. The van der Waals surface area contributed by atoms with Crippen molar-refractivity contribution in [3.05, 3.63) is 43.0 Å². The van der Waals surface area contributed by atoms with Gasteiger partial charge in [0, 0.05) is 43.8 Å². The lowest BCUT2D eigenvalue weighted by atomic mass is 10.2. The Balaban J connectivity index is 1.31. The van der Waals surface area contributed by atoms with Gasteiger partial charge in [0.05, 0.1) is 29.2 Å². The van der Waals surface area contributed by atoms with Crippen molar-refractivity contribution in [2.75, 3.05) is 36.4 Å². The second kappa shape index (κ2) is 6.66. The molecule has 0 spiro atoms. The highest BCUT2D eigenvalue weighted by molar-refractivity contribution is 6.02. The number of piperazine rings is 1. The van der Waals surface area contributed by atoms with Crippen molar-refractivity contribution in [3.8, 4) is 0 Å². The molecule has 0 unspecified atom stereocenters. The molecule has 4 aromatic rings. The first kappa shape index (κ1) is 16.7. The number of nitrogens with zero attached hydrogens (tertiary/aromatic N) is 6. The zero-order chi connectivity index (χ0) is 19.2. The van der Waals surface area contributed by atoms with E-state index in [0.717, 1.165) is 59.6 Å². The van der Waals surface area contributed by atoms with Gasteiger partial charge in [-0.05, 0) is 37.1 Å². The van der Waals surface area contributed by atoms with Crippen molar-refractivity contribution in [1.82, 2.24) is 29.8 Å². The predicted octanol–water partition coefficient (Wildman–Crippen LogP) is 2.86. The van der Waals surface area contributed by atoms with E-state index in [2.05, 4.69) is 41.1 Å². The first-order valence-corrected chi connectivity index (χ1v) is 10.2. The van der Waals surface area contributed by atoms with Crippen molar-refractivity contribution in [3.63, 3.8) is 0 Å². The molecule has 0 amide bonds. The molecule has 1 aromatic carbocycles. The van der Waals surface area contributed by atoms with Gasteiger partial charge in [-0.15, -0.1) is 0 Å². The van der Waals surface area contributed by atoms with Gasteiger partial charge in [-0.25, -0.2) is 19.9 Å². The van der Waals surface area contributed by atoms with Crippen molar-refractivity contribution in [2.24, 2.45) is 0 Å². The fraction of sp³-hybridized carbons (Fsp3) is 0.333. The molecule has 8 nitrogen and oxygen atoms in total. The fourth-order valence-electron chi connectivity index (χ4n) is 3.99. The van der Waals surface area contributed by atoms with Gasteiger partial charge < -0.3 is 20.1 Å². The van der Waals surface area contributed by atoms with Gasteiger partial charge in [0.25, 0.3) is 0 Å². The number of nitrogens with one attached hydrogen (secondary N) is 2. The van der Waals surface area contributed by atoms with E-state index in [1.807, 2.05) is 36.9 Å². The van der Waals surface area contributed by atoms with Gasteiger partial charge in [0.15, 0.2) is 0 Å². The Morgan fingerprint density at radius 1 is 0.966 bits per heavy atom. The van der Waals surface area contributed by atoms with Crippen molar-refractivity contribution < 1.29 is 0 Å². The first-order valence-electron chi connectivity index (χ1n) is 10.2.